The lowest BCUT2D eigenvalue weighted by Gasteiger charge is -2.33. The van der Waals surface area contributed by atoms with E-state index in [1.807, 2.05) is 18.7 Å². The predicted octanol–water partition coefficient (Wildman–Crippen LogP) is 2.21. The number of piperazine rings is 1. The second-order valence-electron chi connectivity index (χ2n) is 6.11. The molecule has 2 rings (SSSR count). The van der Waals surface area contributed by atoms with E-state index in [0.29, 0.717) is 26.2 Å². The van der Waals surface area contributed by atoms with Gasteiger partial charge < -0.3 is 5.32 Å². The average molecular weight is 408 g/mol. The van der Waals surface area contributed by atoms with Crippen LogP contribution in [0.25, 0.3) is 0 Å². The van der Waals surface area contributed by atoms with Crippen LogP contribution in [0.15, 0.2) is 23.1 Å². The first-order valence-electron chi connectivity index (χ1n) is 8.21. The number of amides is 1. The predicted molar refractivity (Wildman–Crippen MR) is 99.6 cm³/mol. The monoisotopic (exact) mass is 407 g/mol. The van der Waals surface area contributed by atoms with E-state index in [1.165, 1.54) is 10.4 Å². The summed E-state index contributed by atoms with van der Waals surface area (Å²) in [5, 5.41) is 3.17. The van der Waals surface area contributed by atoms with E-state index in [4.69, 9.17) is 23.2 Å². The van der Waals surface area contributed by atoms with E-state index in [1.54, 1.807) is 12.1 Å². The molecule has 1 aliphatic heterocycles. The van der Waals surface area contributed by atoms with Crippen LogP contribution in [0.1, 0.15) is 20.3 Å². The van der Waals surface area contributed by atoms with Crippen molar-refractivity contribution in [3.8, 4) is 0 Å². The number of carbonyl (C=O) groups excluding carboxylic acids is 1. The zero-order chi connectivity index (χ0) is 18.6. The Morgan fingerprint density at radius 1 is 1.24 bits per heavy atom. The molecule has 1 atom stereocenters. The largest absolute Gasteiger partial charge is 0.353 e. The maximum atomic E-state index is 12.8. The van der Waals surface area contributed by atoms with Gasteiger partial charge >= 0.3 is 0 Å². The molecule has 0 radical (unpaired) electrons. The molecule has 1 fully saturated rings. The van der Waals surface area contributed by atoms with E-state index in [-0.39, 0.29) is 33.4 Å². The highest BCUT2D eigenvalue weighted by Crippen LogP contribution is 2.31. The third-order valence-electron chi connectivity index (χ3n) is 4.25. The molecule has 0 saturated carbocycles. The Labute approximate surface area is 159 Å². The van der Waals surface area contributed by atoms with Gasteiger partial charge in [-0.1, -0.05) is 36.2 Å². The molecular weight excluding hydrogens is 385 g/mol. The lowest BCUT2D eigenvalue weighted by Crippen LogP contribution is -2.51. The van der Waals surface area contributed by atoms with Crippen molar-refractivity contribution in [2.45, 2.75) is 31.2 Å². The number of benzene rings is 1. The van der Waals surface area contributed by atoms with Crippen molar-refractivity contribution in [2.24, 2.45) is 0 Å². The average Bonchev–Trinajstić information content (AvgIpc) is 2.57. The lowest BCUT2D eigenvalue weighted by atomic mass is 10.2. The van der Waals surface area contributed by atoms with Crippen molar-refractivity contribution in [1.29, 1.82) is 0 Å². The topological polar surface area (TPSA) is 69.7 Å². The number of rotatable bonds is 6. The number of sulfonamides is 1. The molecule has 1 heterocycles. The van der Waals surface area contributed by atoms with Crippen LogP contribution in [0.2, 0.25) is 10.0 Å². The Bertz CT molecular complexity index is 719. The highest BCUT2D eigenvalue weighted by atomic mass is 35.5. The van der Waals surface area contributed by atoms with Gasteiger partial charge in [0.05, 0.1) is 16.6 Å². The Hall–Kier alpha value is -0.860. The highest BCUT2D eigenvalue weighted by Gasteiger charge is 2.31. The van der Waals surface area contributed by atoms with Gasteiger partial charge in [0, 0.05) is 32.2 Å². The molecule has 6 nitrogen and oxygen atoms in total. The molecule has 0 spiro atoms. The summed E-state index contributed by atoms with van der Waals surface area (Å²) in [6, 6.07) is 4.71. The minimum absolute atomic E-state index is 0.0182. The van der Waals surface area contributed by atoms with Crippen LogP contribution in [0.5, 0.6) is 0 Å². The number of hydrogen-bond acceptors (Lipinski definition) is 4. The summed E-state index contributed by atoms with van der Waals surface area (Å²) in [5.74, 6) is -0.0384. The minimum Gasteiger partial charge on any atom is -0.353 e. The first-order chi connectivity index (χ1) is 11.8. The van der Waals surface area contributed by atoms with Crippen molar-refractivity contribution >= 4 is 39.1 Å². The number of hydrogen-bond donors (Lipinski definition) is 1. The van der Waals surface area contributed by atoms with E-state index >= 15 is 0 Å². The summed E-state index contributed by atoms with van der Waals surface area (Å²) in [6.07, 6.45) is 0.873. The Morgan fingerprint density at radius 2 is 1.88 bits per heavy atom. The molecule has 1 aromatic rings. The van der Waals surface area contributed by atoms with E-state index < -0.39 is 10.0 Å². The standard InChI is InChI=1S/C16H23Cl2N3O3S/c1-3-12(2)19-15(22)11-20-7-9-21(10-8-20)25(23,24)14-6-4-5-13(17)16(14)18/h4-6,12H,3,7-11H2,1-2H3,(H,19,22)/t12-/m1/s1. The fourth-order valence-electron chi connectivity index (χ4n) is 2.58. The van der Waals surface area contributed by atoms with Gasteiger partial charge in [0.25, 0.3) is 0 Å². The van der Waals surface area contributed by atoms with Gasteiger partial charge in [-0.25, -0.2) is 8.42 Å². The molecule has 0 unspecified atom stereocenters. The summed E-state index contributed by atoms with van der Waals surface area (Å²) < 4.78 is 26.9. The van der Waals surface area contributed by atoms with Crippen molar-refractivity contribution in [3.05, 3.63) is 28.2 Å². The molecular formula is C16H23Cl2N3O3S. The number of nitrogens with one attached hydrogen (secondary N) is 1. The lowest BCUT2D eigenvalue weighted by molar-refractivity contribution is -0.123. The van der Waals surface area contributed by atoms with Crippen LogP contribution in [-0.4, -0.2) is 62.3 Å². The van der Waals surface area contributed by atoms with Gasteiger partial charge in [0.15, 0.2) is 0 Å². The first-order valence-corrected chi connectivity index (χ1v) is 10.4. The normalized spacial score (nSPS) is 18.1. The smallest absolute Gasteiger partial charge is 0.244 e. The Balaban J connectivity index is 1.97. The van der Waals surface area contributed by atoms with Crippen molar-refractivity contribution < 1.29 is 13.2 Å². The van der Waals surface area contributed by atoms with Gasteiger partial charge in [0.2, 0.25) is 15.9 Å². The zero-order valence-corrected chi connectivity index (χ0v) is 16.7. The van der Waals surface area contributed by atoms with Gasteiger partial charge in [-0.2, -0.15) is 4.31 Å². The summed E-state index contributed by atoms with van der Waals surface area (Å²) in [6.45, 7) is 5.84. The Morgan fingerprint density at radius 3 is 2.48 bits per heavy atom. The molecule has 140 valence electrons. The third kappa shape index (κ3) is 5.08. The van der Waals surface area contributed by atoms with Crippen molar-refractivity contribution in [3.63, 3.8) is 0 Å². The van der Waals surface area contributed by atoms with Crippen LogP contribution < -0.4 is 5.32 Å². The van der Waals surface area contributed by atoms with Gasteiger partial charge in [-0.15, -0.1) is 0 Å². The molecule has 1 amide bonds. The second-order valence-corrected chi connectivity index (χ2v) is 8.80. The molecule has 0 bridgehead atoms. The van der Waals surface area contributed by atoms with Crippen molar-refractivity contribution in [2.75, 3.05) is 32.7 Å². The van der Waals surface area contributed by atoms with Crippen LogP contribution in [0, 0.1) is 0 Å². The molecule has 1 aromatic carbocycles. The molecule has 0 aliphatic carbocycles. The molecule has 0 aromatic heterocycles. The molecule has 1 saturated heterocycles. The summed E-state index contributed by atoms with van der Waals surface area (Å²) in [5.41, 5.74) is 0. The van der Waals surface area contributed by atoms with Crippen LogP contribution in [0.3, 0.4) is 0 Å². The van der Waals surface area contributed by atoms with Crippen LogP contribution in [-0.2, 0) is 14.8 Å². The van der Waals surface area contributed by atoms with E-state index in [0.717, 1.165) is 6.42 Å². The van der Waals surface area contributed by atoms with Gasteiger partial charge in [0.1, 0.15) is 4.90 Å². The fourth-order valence-corrected chi connectivity index (χ4v) is 4.73. The number of nitrogens with zero attached hydrogens (tertiary/aromatic N) is 2. The maximum absolute atomic E-state index is 12.8. The summed E-state index contributed by atoms with van der Waals surface area (Å²) in [7, 11) is -3.70. The highest BCUT2D eigenvalue weighted by molar-refractivity contribution is 7.89. The number of carbonyl (C=O) groups is 1. The minimum atomic E-state index is -3.70. The molecule has 1 aliphatic rings. The Kier molecular flexibility index (Phi) is 7.10. The van der Waals surface area contributed by atoms with Gasteiger partial charge in [-0.05, 0) is 25.5 Å². The first kappa shape index (κ1) is 20.5. The summed E-state index contributed by atoms with van der Waals surface area (Å²) >= 11 is 12.0. The zero-order valence-electron chi connectivity index (χ0n) is 14.3. The quantitative estimate of drug-likeness (QED) is 0.784. The van der Waals surface area contributed by atoms with Crippen LogP contribution in [0.4, 0.5) is 0 Å². The maximum Gasteiger partial charge on any atom is 0.244 e. The second kappa shape index (κ2) is 8.68. The number of halogens is 2. The van der Waals surface area contributed by atoms with Crippen LogP contribution >= 0.6 is 23.2 Å². The molecule has 1 N–H and O–H groups in total. The van der Waals surface area contributed by atoms with E-state index in [9.17, 15) is 13.2 Å². The molecule has 9 heteroatoms. The van der Waals surface area contributed by atoms with Gasteiger partial charge in [-0.3, -0.25) is 9.69 Å². The molecule has 25 heavy (non-hydrogen) atoms. The van der Waals surface area contributed by atoms with Crippen molar-refractivity contribution in [1.82, 2.24) is 14.5 Å². The summed E-state index contributed by atoms with van der Waals surface area (Å²) in [4.78, 5) is 13.9. The fraction of sp³-hybridized carbons (Fsp3) is 0.562. The van der Waals surface area contributed by atoms with E-state index in [2.05, 4.69) is 5.32 Å². The third-order valence-corrected chi connectivity index (χ3v) is 7.12. The SMILES string of the molecule is CC[C@@H](C)NC(=O)CN1CCN(S(=O)(=O)c2cccc(Cl)c2Cl)CC1.